The van der Waals surface area contributed by atoms with E-state index in [1.165, 1.54) is 24.3 Å². The van der Waals surface area contributed by atoms with Crippen LogP contribution in [-0.4, -0.2) is 29.8 Å². The molecule has 1 heterocycles. The molecule has 2 aromatic carbocycles. The Morgan fingerprint density at radius 3 is 2.64 bits per heavy atom. The summed E-state index contributed by atoms with van der Waals surface area (Å²) >= 11 is 0. The van der Waals surface area contributed by atoms with Gasteiger partial charge in [-0.1, -0.05) is 12.1 Å². The van der Waals surface area contributed by atoms with Gasteiger partial charge in [0, 0.05) is 24.3 Å². The van der Waals surface area contributed by atoms with E-state index in [1.54, 1.807) is 4.90 Å². The molecule has 1 aliphatic heterocycles. The van der Waals surface area contributed by atoms with E-state index >= 15 is 0 Å². The predicted octanol–water partition coefficient (Wildman–Crippen LogP) is 3.63. The Morgan fingerprint density at radius 1 is 1.16 bits per heavy atom. The lowest BCUT2D eigenvalue weighted by Gasteiger charge is -2.32. The number of benzene rings is 2. The van der Waals surface area contributed by atoms with Crippen molar-refractivity contribution >= 4 is 17.5 Å². The molecular formula is C20H21FN2O2. The lowest BCUT2D eigenvalue weighted by molar-refractivity contribution is -0.121. The highest BCUT2D eigenvalue weighted by atomic mass is 19.1. The molecule has 5 heteroatoms. The predicted molar refractivity (Wildman–Crippen MR) is 94.8 cm³/mol. The monoisotopic (exact) mass is 340 g/mol. The quantitative estimate of drug-likeness (QED) is 0.928. The van der Waals surface area contributed by atoms with Crippen LogP contribution in [0.25, 0.3) is 0 Å². The highest BCUT2D eigenvalue weighted by Crippen LogP contribution is 2.21. The topological polar surface area (TPSA) is 49.4 Å². The number of likely N-dealkylation sites (tertiary alicyclic amines) is 1. The molecule has 0 radical (unpaired) electrons. The number of carbonyl (C=O) groups is 2. The summed E-state index contributed by atoms with van der Waals surface area (Å²) in [6, 6.07) is 13.2. The molecule has 0 aliphatic carbocycles. The molecule has 1 N–H and O–H groups in total. The molecule has 2 aromatic rings. The van der Waals surface area contributed by atoms with Crippen molar-refractivity contribution in [2.45, 2.75) is 19.8 Å². The number of aryl methyl sites for hydroxylation is 1. The largest absolute Gasteiger partial charge is 0.338 e. The Morgan fingerprint density at radius 2 is 1.92 bits per heavy atom. The van der Waals surface area contributed by atoms with Gasteiger partial charge in [-0.2, -0.15) is 0 Å². The van der Waals surface area contributed by atoms with Gasteiger partial charge in [0.05, 0.1) is 5.92 Å². The van der Waals surface area contributed by atoms with Gasteiger partial charge in [0.25, 0.3) is 5.91 Å². The first kappa shape index (κ1) is 17.1. The van der Waals surface area contributed by atoms with Crippen LogP contribution < -0.4 is 5.32 Å². The van der Waals surface area contributed by atoms with Crippen LogP contribution in [0.4, 0.5) is 10.1 Å². The summed E-state index contributed by atoms with van der Waals surface area (Å²) in [5.74, 6) is -0.834. The second-order valence-corrected chi connectivity index (χ2v) is 6.46. The molecule has 0 bridgehead atoms. The number of hydrogen-bond donors (Lipinski definition) is 1. The smallest absolute Gasteiger partial charge is 0.253 e. The number of rotatable bonds is 3. The highest BCUT2D eigenvalue weighted by Gasteiger charge is 2.29. The van der Waals surface area contributed by atoms with Gasteiger partial charge in [-0.15, -0.1) is 0 Å². The summed E-state index contributed by atoms with van der Waals surface area (Å²) in [6.45, 7) is 2.97. The first-order valence-electron chi connectivity index (χ1n) is 8.45. The number of carbonyl (C=O) groups excluding carboxylic acids is 2. The molecule has 3 rings (SSSR count). The third-order valence-corrected chi connectivity index (χ3v) is 4.46. The van der Waals surface area contributed by atoms with Crippen LogP contribution >= 0.6 is 0 Å². The fourth-order valence-corrected chi connectivity index (χ4v) is 3.12. The number of piperidine rings is 1. The van der Waals surface area contributed by atoms with Gasteiger partial charge >= 0.3 is 0 Å². The molecule has 0 spiro atoms. The van der Waals surface area contributed by atoms with Crippen LogP contribution in [0.1, 0.15) is 28.8 Å². The van der Waals surface area contributed by atoms with E-state index in [4.69, 9.17) is 0 Å². The summed E-state index contributed by atoms with van der Waals surface area (Å²) in [4.78, 5) is 26.8. The SMILES string of the molecule is Cc1cccc(NC(=O)[C@H]2CCCN(C(=O)c3ccc(F)cc3)C2)c1. The van der Waals surface area contributed by atoms with E-state index in [-0.39, 0.29) is 23.5 Å². The summed E-state index contributed by atoms with van der Waals surface area (Å²) in [6.07, 6.45) is 1.53. The van der Waals surface area contributed by atoms with Gasteiger partial charge in [0.2, 0.25) is 5.91 Å². The first-order valence-corrected chi connectivity index (χ1v) is 8.45. The Balaban J connectivity index is 1.65. The molecule has 1 saturated heterocycles. The Bertz CT molecular complexity index is 774. The van der Waals surface area contributed by atoms with E-state index in [9.17, 15) is 14.0 Å². The van der Waals surface area contributed by atoms with Crippen molar-refractivity contribution in [1.82, 2.24) is 4.90 Å². The standard InChI is InChI=1S/C20H21FN2O2/c1-14-4-2-6-18(12-14)22-19(24)16-5-3-11-23(13-16)20(25)15-7-9-17(21)10-8-15/h2,4,6-10,12,16H,3,5,11,13H2,1H3,(H,22,24)/t16-/m0/s1. The molecule has 0 aromatic heterocycles. The molecule has 4 nitrogen and oxygen atoms in total. The number of nitrogens with zero attached hydrogens (tertiary/aromatic N) is 1. The minimum absolute atomic E-state index is 0.0674. The number of nitrogens with one attached hydrogen (secondary N) is 1. The van der Waals surface area contributed by atoms with Crippen molar-refractivity contribution in [3.8, 4) is 0 Å². The maximum Gasteiger partial charge on any atom is 0.253 e. The Kier molecular flexibility index (Phi) is 5.12. The lowest BCUT2D eigenvalue weighted by Crippen LogP contribution is -2.43. The molecule has 0 unspecified atom stereocenters. The average Bonchev–Trinajstić information content (AvgIpc) is 2.62. The normalized spacial score (nSPS) is 17.2. The van der Waals surface area contributed by atoms with Crippen molar-refractivity contribution in [1.29, 1.82) is 0 Å². The summed E-state index contributed by atoms with van der Waals surface area (Å²) < 4.78 is 13.0. The van der Waals surface area contributed by atoms with Gasteiger partial charge in [-0.25, -0.2) is 4.39 Å². The fourth-order valence-electron chi connectivity index (χ4n) is 3.12. The lowest BCUT2D eigenvalue weighted by atomic mass is 9.96. The molecule has 0 saturated carbocycles. The zero-order chi connectivity index (χ0) is 17.8. The second kappa shape index (κ2) is 7.47. The molecule has 2 amide bonds. The van der Waals surface area contributed by atoms with E-state index in [0.717, 1.165) is 24.1 Å². The maximum atomic E-state index is 13.0. The van der Waals surface area contributed by atoms with E-state index < -0.39 is 0 Å². The molecule has 1 fully saturated rings. The zero-order valence-corrected chi connectivity index (χ0v) is 14.2. The molecule has 130 valence electrons. The van der Waals surface area contributed by atoms with Gasteiger partial charge in [0.1, 0.15) is 5.82 Å². The summed E-state index contributed by atoms with van der Waals surface area (Å²) in [5.41, 5.74) is 2.29. The molecule has 1 atom stereocenters. The van der Waals surface area contributed by atoms with Gasteiger partial charge < -0.3 is 10.2 Å². The second-order valence-electron chi connectivity index (χ2n) is 6.46. The van der Waals surface area contributed by atoms with Gasteiger partial charge in [-0.05, 0) is 61.7 Å². The third-order valence-electron chi connectivity index (χ3n) is 4.46. The van der Waals surface area contributed by atoms with Gasteiger partial charge in [-0.3, -0.25) is 9.59 Å². The molecular weight excluding hydrogens is 319 g/mol. The maximum absolute atomic E-state index is 13.0. The van der Waals surface area contributed by atoms with Crippen LogP contribution in [0, 0.1) is 18.7 Å². The van der Waals surface area contributed by atoms with E-state index in [0.29, 0.717) is 18.7 Å². The Hall–Kier alpha value is -2.69. The molecule has 25 heavy (non-hydrogen) atoms. The minimum Gasteiger partial charge on any atom is -0.338 e. The number of halogens is 1. The molecule has 1 aliphatic rings. The fraction of sp³-hybridized carbons (Fsp3) is 0.300. The van der Waals surface area contributed by atoms with Crippen LogP contribution in [-0.2, 0) is 4.79 Å². The van der Waals surface area contributed by atoms with E-state index in [2.05, 4.69) is 5.32 Å². The Labute approximate surface area is 146 Å². The minimum atomic E-state index is -0.370. The highest BCUT2D eigenvalue weighted by molar-refractivity contribution is 5.96. The van der Waals surface area contributed by atoms with Crippen molar-refractivity contribution in [3.05, 3.63) is 65.5 Å². The first-order chi connectivity index (χ1) is 12.0. The number of amides is 2. The summed E-state index contributed by atoms with van der Waals surface area (Å²) in [7, 11) is 0. The van der Waals surface area contributed by atoms with Gasteiger partial charge in [0.15, 0.2) is 0 Å². The zero-order valence-electron chi connectivity index (χ0n) is 14.2. The van der Waals surface area contributed by atoms with Crippen LogP contribution in [0.5, 0.6) is 0 Å². The van der Waals surface area contributed by atoms with Crippen LogP contribution in [0.2, 0.25) is 0 Å². The average molecular weight is 340 g/mol. The van der Waals surface area contributed by atoms with Crippen LogP contribution in [0.15, 0.2) is 48.5 Å². The van der Waals surface area contributed by atoms with Crippen molar-refractivity contribution in [3.63, 3.8) is 0 Å². The van der Waals surface area contributed by atoms with Crippen molar-refractivity contribution in [2.75, 3.05) is 18.4 Å². The summed E-state index contributed by atoms with van der Waals surface area (Å²) in [5, 5.41) is 2.93. The number of hydrogen-bond acceptors (Lipinski definition) is 2. The number of anilines is 1. The van der Waals surface area contributed by atoms with Crippen molar-refractivity contribution in [2.24, 2.45) is 5.92 Å². The van der Waals surface area contributed by atoms with Crippen LogP contribution in [0.3, 0.4) is 0 Å². The van der Waals surface area contributed by atoms with E-state index in [1.807, 2.05) is 31.2 Å². The van der Waals surface area contributed by atoms with Crippen molar-refractivity contribution < 1.29 is 14.0 Å². The third kappa shape index (κ3) is 4.24.